The van der Waals surface area contributed by atoms with E-state index in [4.69, 9.17) is 9.47 Å². The van der Waals surface area contributed by atoms with E-state index in [1.54, 1.807) is 12.3 Å². The summed E-state index contributed by atoms with van der Waals surface area (Å²) in [6.07, 6.45) is 2.19. The van der Waals surface area contributed by atoms with Crippen molar-refractivity contribution in [3.8, 4) is 0 Å². The summed E-state index contributed by atoms with van der Waals surface area (Å²) in [6, 6.07) is 13.6. The summed E-state index contributed by atoms with van der Waals surface area (Å²) in [4.78, 5) is 16.6. The van der Waals surface area contributed by atoms with Crippen molar-refractivity contribution in [3.05, 3.63) is 65.5 Å². The second-order valence-electron chi connectivity index (χ2n) is 5.97. The molecule has 1 aromatic heterocycles. The van der Waals surface area contributed by atoms with E-state index in [-0.39, 0.29) is 18.1 Å². The van der Waals surface area contributed by atoms with Crippen molar-refractivity contribution in [1.82, 2.24) is 10.3 Å². The number of nitrogens with one attached hydrogen (secondary N) is 1. The molecular formula is C19H22N2O3. The first kappa shape index (κ1) is 16.6. The van der Waals surface area contributed by atoms with Crippen LogP contribution in [-0.2, 0) is 16.1 Å². The van der Waals surface area contributed by atoms with Crippen molar-refractivity contribution in [1.29, 1.82) is 0 Å². The zero-order valence-corrected chi connectivity index (χ0v) is 13.8. The number of aromatic nitrogens is 1. The maximum atomic E-state index is 12.4. The number of benzene rings is 1. The summed E-state index contributed by atoms with van der Waals surface area (Å²) in [5.41, 5.74) is 2.56. The highest BCUT2D eigenvalue weighted by molar-refractivity contribution is 5.94. The van der Waals surface area contributed by atoms with E-state index in [0.717, 1.165) is 17.7 Å². The molecule has 0 bridgehead atoms. The van der Waals surface area contributed by atoms with Gasteiger partial charge in [0.1, 0.15) is 6.10 Å². The van der Waals surface area contributed by atoms with Crippen LogP contribution in [0.3, 0.4) is 0 Å². The third-order valence-corrected chi connectivity index (χ3v) is 4.10. The lowest BCUT2D eigenvalue weighted by atomic mass is 10.1. The number of rotatable bonds is 5. The summed E-state index contributed by atoms with van der Waals surface area (Å²) in [5.74, 6) is -0.122. The summed E-state index contributed by atoms with van der Waals surface area (Å²) in [5, 5.41) is 3.06. The monoisotopic (exact) mass is 326 g/mol. The molecule has 1 amide bonds. The summed E-state index contributed by atoms with van der Waals surface area (Å²) < 4.78 is 11.5. The molecule has 5 nitrogen and oxygen atoms in total. The number of pyridine rings is 1. The Kier molecular flexibility index (Phi) is 5.56. The SMILES string of the molecule is Cc1ccc(C(=O)N[C@@H]2CCOC[C@H]2OCc2ccccc2)cn1. The number of hydrogen-bond acceptors (Lipinski definition) is 4. The lowest BCUT2D eigenvalue weighted by Crippen LogP contribution is -2.49. The van der Waals surface area contributed by atoms with Gasteiger partial charge in [-0.1, -0.05) is 30.3 Å². The van der Waals surface area contributed by atoms with Gasteiger partial charge < -0.3 is 14.8 Å². The number of amides is 1. The van der Waals surface area contributed by atoms with E-state index in [2.05, 4.69) is 10.3 Å². The fourth-order valence-electron chi connectivity index (χ4n) is 2.67. The van der Waals surface area contributed by atoms with E-state index in [0.29, 0.717) is 25.4 Å². The fourth-order valence-corrected chi connectivity index (χ4v) is 2.67. The van der Waals surface area contributed by atoms with Gasteiger partial charge in [0, 0.05) is 18.5 Å². The molecule has 0 aliphatic carbocycles. The number of aryl methyl sites for hydroxylation is 1. The van der Waals surface area contributed by atoms with Crippen LogP contribution in [0.25, 0.3) is 0 Å². The molecule has 1 aromatic carbocycles. The minimum absolute atomic E-state index is 0.0590. The Morgan fingerprint density at radius 2 is 2.12 bits per heavy atom. The Bertz CT molecular complexity index is 658. The first-order chi connectivity index (χ1) is 11.7. The van der Waals surface area contributed by atoms with E-state index in [1.165, 1.54) is 0 Å². The lowest BCUT2D eigenvalue weighted by molar-refractivity contribution is -0.0736. The van der Waals surface area contributed by atoms with E-state index >= 15 is 0 Å². The first-order valence-corrected chi connectivity index (χ1v) is 8.19. The number of carbonyl (C=O) groups is 1. The number of ether oxygens (including phenoxy) is 2. The second-order valence-corrected chi connectivity index (χ2v) is 5.97. The predicted molar refractivity (Wildman–Crippen MR) is 90.7 cm³/mol. The van der Waals surface area contributed by atoms with E-state index < -0.39 is 0 Å². The maximum absolute atomic E-state index is 12.4. The van der Waals surface area contributed by atoms with Crippen molar-refractivity contribution in [2.45, 2.75) is 32.1 Å². The van der Waals surface area contributed by atoms with Gasteiger partial charge in [-0.2, -0.15) is 0 Å². The van der Waals surface area contributed by atoms with Gasteiger partial charge in [-0.25, -0.2) is 0 Å². The molecule has 2 atom stereocenters. The smallest absolute Gasteiger partial charge is 0.253 e. The van der Waals surface area contributed by atoms with Crippen molar-refractivity contribution in [2.75, 3.05) is 13.2 Å². The summed E-state index contributed by atoms with van der Waals surface area (Å²) in [6.45, 7) is 3.52. The average Bonchev–Trinajstić information content (AvgIpc) is 2.62. The molecule has 0 radical (unpaired) electrons. The van der Waals surface area contributed by atoms with Crippen molar-refractivity contribution in [2.24, 2.45) is 0 Å². The molecule has 2 aromatic rings. The molecule has 3 rings (SSSR count). The Labute approximate surface area is 142 Å². The maximum Gasteiger partial charge on any atom is 0.253 e. The van der Waals surface area contributed by atoms with Gasteiger partial charge >= 0.3 is 0 Å². The van der Waals surface area contributed by atoms with Crippen LogP contribution in [0.4, 0.5) is 0 Å². The summed E-state index contributed by atoms with van der Waals surface area (Å²) in [7, 11) is 0. The van der Waals surface area contributed by atoms with E-state index in [1.807, 2.05) is 43.3 Å². The van der Waals surface area contributed by atoms with E-state index in [9.17, 15) is 4.79 Å². The Morgan fingerprint density at radius 3 is 2.88 bits per heavy atom. The van der Waals surface area contributed by atoms with Gasteiger partial charge in [0.25, 0.3) is 5.91 Å². The van der Waals surface area contributed by atoms with Crippen molar-refractivity contribution < 1.29 is 14.3 Å². The third-order valence-electron chi connectivity index (χ3n) is 4.10. The van der Waals surface area contributed by atoms with Crippen LogP contribution in [0, 0.1) is 6.92 Å². The molecule has 2 heterocycles. The zero-order chi connectivity index (χ0) is 16.8. The number of nitrogens with zero attached hydrogens (tertiary/aromatic N) is 1. The highest BCUT2D eigenvalue weighted by Crippen LogP contribution is 2.15. The summed E-state index contributed by atoms with van der Waals surface area (Å²) >= 11 is 0. The minimum Gasteiger partial charge on any atom is -0.379 e. The molecule has 1 aliphatic heterocycles. The highest BCUT2D eigenvalue weighted by Gasteiger charge is 2.28. The van der Waals surface area contributed by atoms with Gasteiger partial charge in [-0.15, -0.1) is 0 Å². The molecule has 5 heteroatoms. The van der Waals surface area contributed by atoms with Crippen LogP contribution in [0.2, 0.25) is 0 Å². The molecule has 1 aliphatic rings. The molecule has 24 heavy (non-hydrogen) atoms. The molecule has 1 N–H and O–H groups in total. The predicted octanol–water partition coefficient (Wildman–Crippen LogP) is 2.49. The Morgan fingerprint density at radius 1 is 1.29 bits per heavy atom. The third kappa shape index (κ3) is 4.40. The molecule has 126 valence electrons. The fraction of sp³-hybridized carbons (Fsp3) is 0.368. The van der Waals surface area contributed by atoms with Gasteiger partial charge in [0.15, 0.2) is 0 Å². The van der Waals surface area contributed by atoms with Gasteiger partial charge in [-0.3, -0.25) is 9.78 Å². The van der Waals surface area contributed by atoms with Crippen LogP contribution in [0.5, 0.6) is 0 Å². The molecule has 1 saturated heterocycles. The molecular weight excluding hydrogens is 304 g/mol. The van der Waals surface area contributed by atoms with Gasteiger partial charge in [0.2, 0.25) is 0 Å². The van der Waals surface area contributed by atoms with Gasteiger partial charge in [-0.05, 0) is 31.0 Å². The van der Waals surface area contributed by atoms with Crippen LogP contribution in [-0.4, -0.2) is 36.3 Å². The largest absolute Gasteiger partial charge is 0.379 e. The zero-order valence-electron chi connectivity index (χ0n) is 13.8. The molecule has 0 spiro atoms. The first-order valence-electron chi connectivity index (χ1n) is 8.19. The lowest BCUT2D eigenvalue weighted by Gasteiger charge is -2.32. The second kappa shape index (κ2) is 8.04. The number of hydrogen-bond donors (Lipinski definition) is 1. The van der Waals surface area contributed by atoms with Crippen LogP contribution >= 0.6 is 0 Å². The molecule has 0 saturated carbocycles. The topological polar surface area (TPSA) is 60.5 Å². The van der Waals surface area contributed by atoms with Crippen molar-refractivity contribution >= 4 is 5.91 Å². The van der Waals surface area contributed by atoms with Crippen LogP contribution < -0.4 is 5.32 Å². The molecule has 1 fully saturated rings. The van der Waals surface area contributed by atoms with Crippen LogP contribution in [0.15, 0.2) is 48.7 Å². The quantitative estimate of drug-likeness (QED) is 0.917. The Hall–Kier alpha value is -2.24. The highest BCUT2D eigenvalue weighted by atomic mass is 16.5. The van der Waals surface area contributed by atoms with Crippen molar-refractivity contribution in [3.63, 3.8) is 0 Å². The number of carbonyl (C=O) groups excluding carboxylic acids is 1. The molecule has 0 unspecified atom stereocenters. The normalized spacial score (nSPS) is 20.5. The van der Waals surface area contributed by atoms with Crippen LogP contribution in [0.1, 0.15) is 28.0 Å². The standard InChI is InChI=1S/C19H22N2O3/c1-14-7-8-16(11-20-14)19(22)21-17-9-10-23-13-18(17)24-12-15-5-3-2-4-6-15/h2-8,11,17-18H,9-10,12-13H2,1H3,(H,21,22)/t17-,18-/m1/s1. The average molecular weight is 326 g/mol. The minimum atomic E-state index is -0.152. The van der Waals surface area contributed by atoms with Gasteiger partial charge in [0.05, 0.1) is 24.8 Å². The Balaban J connectivity index is 1.59.